The molecule has 4 rings (SSSR count). The van der Waals surface area contributed by atoms with Crippen LogP contribution in [0.4, 0.5) is 0 Å². The van der Waals surface area contributed by atoms with Crippen LogP contribution in [0.5, 0.6) is 0 Å². The number of halogens is 1. The molecule has 1 N–H and O–H groups in total. The van der Waals surface area contributed by atoms with Crippen LogP contribution in [0, 0.1) is 0 Å². The molecule has 1 aromatic carbocycles. The van der Waals surface area contributed by atoms with Gasteiger partial charge in [-0.2, -0.15) is 5.10 Å². The highest BCUT2D eigenvalue weighted by Crippen LogP contribution is 2.21. The molecule has 0 amide bonds. The van der Waals surface area contributed by atoms with Crippen LogP contribution in [-0.2, 0) is 17.8 Å². The van der Waals surface area contributed by atoms with Gasteiger partial charge >= 0.3 is 0 Å². The normalized spacial score (nSPS) is 22.1. The number of rotatable bonds is 6. The molecule has 6 heteroatoms. The van der Waals surface area contributed by atoms with Gasteiger partial charge in [0, 0.05) is 50.5 Å². The molecule has 0 aliphatic carbocycles. The summed E-state index contributed by atoms with van der Waals surface area (Å²) >= 11 is 6.55. The number of likely N-dealkylation sites (tertiary alicyclic amines) is 1. The first-order valence-electron chi connectivity index (χ1n) is 9.59. The van der Waals surface area contributed by atoms with Gasteiger partial charge in [-0.15, -0.1) is 0 Å². The maximum atomic E-state index is 6.55. The number of hydrogen-bond acceptors (Lipinski definition) is 4. The average Bonchev–Trinajstić information content (AvgIpc) is 3.29. The zero-order valence-corrected chi connectivity index (χ0v) is 15.9. The molecule has 2 aliphatic rings. The zero-order chi connectivity index (χ0) is 17.8. The minimum absolute atomic E-state index is 0.534. The first-order valence-corrected chi connectivity index (χ1v) is 9.96. The molecule has 2 fully saturated rings. The summed E-state index contributed by atoms with van der Waals surface area (Å²) in [4.78, 5) is 2.63. The minimum atomic E-state index is 0.534. The molecule has 2 aromatic rings. The van der Waals surface area contributed by atoms with Gasteiger partial charge < -0.3 is 10.1 Å². The first kappa shape index (κ1) is 18.0. The first-order chi connectivity index (χ1) is 12.8. The highest BCUT2D eigenvalue weighted by molar-refractivity contribution is 6.30. The fourth-order valence-electron chi connectivity index (χ4n) is 3.98. The van der Waals surface area contributed by atoms with Crippen molar-refractivity contribution in [3.8, 4) is 0 Å². The van der Waals surface area contributed by atoms with Crippen molar-refractivity contribution in [1.82, 2.24) is 20.0 Å². The second-order valence-electron chi connectivity index (χ2n) is 7.31. The molecule has 3 heterocycles. The Morgan fingerprint density at radius 2 is 1.96 bits per heavy atom. The summed E-state index contributed by atoms with van der Waals surface area (Å²) in [5.41, 5.74) is 2.28. The summed E-state index contributed by atoms with van der Waals surface area (Å²) in [6.45, 7) is 5.62. The maximum absolute atomic E-state index is 6.55. The van der Waals surface area contributed by atoms with E-state index in [2.05, 4.69) is 27.4 Å². The summed E-state index contributed by atoms with van der Waals surface area (Å²) in [6, 6.07) is 11.5. The lowest BCUT2D eigenvalue weighted by Gasteiger charge is -2.31. The Bertz CT molecular complexity index is 699. The van der Waals surface area contributed by atoms with Crippen LogP contribution in [0.1, 0.15) is 30.4 Å². The van der Waals surface area contributed by atoms with Crippen molar-refractivity contribution in [3.05, 3.63) is 52.8 Å². The van der Waals surface area contributed by atoms with E-state index in [4.69, 9.17) is 16.3 Å². The summed E-state index contributed by atoms with van der Waals surface area (Å²) < 4.78 is 7.36. The largest absolute Gasteiger partial charge is 0.381 e. The van der Waals surface area contributed by atoms with Gasteiger partial charge in [0.05, 0.1) is 12.7 Å². The number of ether oxygens (including phenoxy) is 1. The van der Waals surface area contributed by atoms with Gasteiger partial charge in [-0.3, -0.25) is 4.90 Å². The lowest BCUT2D eigenvalue weighted by atomic mass is 10.1. The molecule has 5 nitrogen and oxygen atoms in total. The van der Waals surface area contributed by atoms with Crippen molar-refractivity contribution in [2.45, 2.75) is 44.4 Å². The second-order valence-corrected chi connectivity index (χ2v) is 7.67. The van der Waals surface area contributed by atoms with Crippen molar-refractivity contribution in [3.63, 3.8) is 0 Å². The highest BCUT2D eigenvalue weighted by Gasteiger charge is 2.29. The minimum Gasteiger partial charge on any atom is -0.381 e. The lowest BCUT2D eigenvalue weighted by Crippen LogP contribution is -2.40. The third kappa shape index (κ3) is 4.29. The molecule has 1 aromatic heterocycles. The maximum Gasteiger partial charge on any atom is 0.131 e. The highest BCUT2D eigenvalue weighted by atomic mass is 35.5. The van der Waals surface area contributed by atoms with E-state index in [-0.39, 0.29) is 0 Å². The third-order valence-corrected chi connectivity index (χ3v) is 5.97. The van der Waals surface area contributed by atoms with E-state index >= 15 is 0 Å². The van der Waals surface area contributed by atoms with Crippen molar-refractivity contribution in [1.29, 1.82) is 0 Å². The fraction of sp³-hybridized carbons (Fsp3) is 0.550. The molecule has 140 valence electrons. The van der Waals surface area contributed by atoms with Gasteiger partial charge in [0.25, 0.3) is 0 Å². The van der Waals surface area contributed by atoms with Crippen LogP contribution in [0.15, 0.2) is 36.5 Å². The lowest BCUT2D eigenvalue weighted by molar-refractivity contribution is 0.0416. The monoisotopic (exact) mass is 374 g/mol. The molecule has 2 saturated heterocycles. The number of hydrogen-bond donors (Lipinski definition) is 1. The predicted octanol–water partition coefficient (Wildman–Crippen LogP) is 2.93. The number of nitrogens with one attached hydrogen (secondary N) is 1. The Kier molecular flexibility index (Phi) is 5.90. The van der Waals surface area contributed by atoms with Gasteiger partial charge in [0.15, 0.2) is 0 Å². The average molecular weight is 375 g/mol. The van der Waals surface area contributed by atoms with Crippen LogP contribution < -0.4 is 5.32 Å². The Morgan fingerprint density at radius 3 is 2.77 bits per heavy atom. The molecule has 2 aliphatic heterocycles. The summed E-state index contributed by atoms with van der Waals surface area (Å²) in [5, 5.41) is 8.88. The van der Waals surface area contributed by atoms with Gasteiger partial charge in [0.1, 0.15) is 5.15 Å². The van der Waals surface area contributed by atoms with E-state index in [9.17, 15) is 0 Å². The van der Waals surface area contributed by atoms with Crippen LogP contribution in [0.25, 0.3) is 0 Å². The Hall–Kier alpha value is -1.40. The van der Waals surface area contributed by atoms with E-state index in [0.29, 0.717) is 18.6 Å². The predicted molar refractivity (Wildman–Crippen MR) is 103 cm³/mol. The molecular formula is C20H27ClN4O. The molecular weight excluding hydrogens is 348 g/mol. The molecule has 1 unspecified atom stereocenters. The van der Waals surface area contributed by atoms with Crippen LogP contribution >= 0.6 is 11.6 Å². The standard InChI is InChI=1S/C20H27ClN4O/c21-20-17(13-23-25(20)14-16-4-2-1-3-5-16)12-22-18-6-9-24(15-18)19-7-10-26-11-8-19/h1-5,13,18-19,22H,6-12,14-15H2. The number of aromatic nitrogens is 2. The van der Waals surface area contributed by atoms with Crippen LogP contribution in [-0.4, -0.2) is 53.1 Å². The Balaban J connectivity index is 1.28. The van der Waals surface area contributed by atoms with Gasteiger partial charge in [0.2, 0.25) is 0 Å². The SMILES string of the molecule is Clc1c(CNC2CCN(C3CCOCC3)C2)cnn1Cc1ccccc1. The van der Waals surface area contributed by atoms with Crippen LogP contribution in [0.3, 0.4) is 0 Å². The third-order valence-electron chi connectivity index (χ3n) is 5.53. The quantitative estimate of drug-likeness (QED) is 0.844. The van der Waals surface area contributed by atoms with E-state index in [0.717, 1.165) is 37.0 Å². The summed E-state index contributed by atoms with van der Waals surface area (Å²) in [6.07, 6.45) is 5.44. The van der Waals surface area contributed by atoms with Gasteiger partial charge in [-0.1, -0.05) is 41.9 Å². The van der Waals surface area contributed by atoms with E-state index < -0.39 is 0 Å². The molecule has 26 heavy (non-hydrogen) atoms. The Labute approximate surface area is 160 Å². The molecule has 0 radical (unpaired) electrons. The molecule has 0 spiro atoms. The fourth-order valence-corrected chi connectivity index (χ4v) is 4.20. The van der Waals surface area contributed by atoms with E-state index in [1.165, 1.54) is 31.4 Å². The van der Waals surface area contributed by atoms with Gasteiger partial charge in [-0.05, 0) is 24.8 Å². The van der Waals surface area contributed by atoms with Gasteiger partial charge in [-0.25, -0.2) is 4.68 Å². The molecule has 1 atom stereocenters. The van der Waals surface area contributed by atoms with Crippen molar-refractivity contribution in [2.75, 3.05) is 26.3 Å². The smallest absolute Gasteiger partial charge is 0.131 e. The van der Waals surface area contributed by atoms with Crippen molar-refractivity contribution < 1.29 is 4.74 Å². The summed E-state index contributed by atoms with van der Waals surface area (Å²) in [5.74, 6) is 0. The zero-order valence-electron chi connectivity index (χ0n) is 15.1. The molecule has 0 saturated carbocycles. The molecule has 0 bridgehead atoms. The van der Waals surface area contributed by atoms with E-state index in [1.54, 1.807) is 0 Å². The topological polar surface area (TPSA) is 42.3 Å². The van der Waals surface area contributed by atoms with E-state index in [1.807, 2.05) is 29.1 Å². The summed E-state index contributed by atoms with van der Waals surface area (Å²) in [7, 11) is 0. The number of nitrogens with zero attached hydrogens (tertiary/aromatic N) is 3. The second kappa shape index (κ2) is 8.53. The van der Waals surface area contributed by atoms with Crippen molar-refractivity contribution >= 4 is 11.6 Å². The Morgan fingerprint density at radius 1 is 1.15 bits per heavy atom. The van der Waals surface area contributed by atoms with Crippen LogP contribution in [0.2, 0.25) is 5.15 Å². The number of benzene rings is 1. The van der Waals surface area contributed by atoms with Crippen molar-refractivity contribution in [2.24, 2.45) is 0 Å².